The van der Waals surface area contributed by atoms with Crippen LogP contribution in [-0.4, -0.2) is 9.91 Å². The van der Waals surface area contributed by atoms with Crippen molar-refractivity contribution in [1.82, 2.24) is 4.98 Å². The Morgan fingerprint density at radius 2 is 1.91 bits per heavy atom. The standard InChI is InChI=1S/C16H11ClN2O3S/c17-13-6-2-1-5-12(13)16-18-11(10-23-16)9-22-15-8-4-3-7-14(15)19(20)21/h1-8,10H,9H2. The highest BCUT2D eigenvalue weighted by Crippen LogP contribution is 2.31. The lowest BCUT2D eigenvalue weighted by molar-refractivity contribution is -0.385. The SMILES string of the molecule is O=[N+]([O-])c1ccccc1OCc1csc(-c2ccccc2Cl)n1. The molecule has 0 unspecified atom stereocenters. The first-order valence-electron chi connectivity index (χ1n) is 6.70. The number of nitro benzene ring substituents is 1. The van der Waals surface area contributed by atoms with Gasteiger partial charge in [-0.05, 0) is 12.1 Å². The van der Waals surface area contributed by atoms with E-state index in [9.17, 15) is 10.1 Å². The third-order valence-corrected chi connectivity index (χ3v) is 4.35. The van der Waals surface area contributed by atoms with Gasteiger partial charge in [-0.2, -0.15) is 0 Å². The van der Waals surface area contributed by atoms with Crippen LogP contribution in [0.25, 0.3) is 10.6 Å². The van der Waals surface area contributed by atoms with Crippen molar-refractivity contribution in [3.8, 4) is 16.3 Å². The third-order valence-electron chi connectivity index (χ3n) is 3.09. The Balaban J connectivity index is 1.76. The first-order valence-corrected chi connectivity index (χ1v) is 7.96. The van der Waals surface area contributed by atoms with Gasteiger partial charge in [-0.15, -0.1) is 11.3 Å². The molecular weight excluding hydrogens is 336 g/mol. The van der Waals surface area contributed by atoms with Crippen LogP contribution in [0, 0.1) is 10.1 Å². The average Bonchev–Trinajstić information content (AvgIpc) is 3.02. The summed E-state index contributed by atoms with van der Waals surface area (Å²) < 4.78 is 5.53. The van der Waals surface area contributed by atoms with Gasteiger partial charge in [0.05, 0.1) is 15.6 Å². The molecule has 0 aliphatic heterocycles. The summed E-state index contributed by atoms with van der Waals surface area (Å²) >= 11 is 7.61. The maximum Gasteiger partial charge on any atom is 0.310 e. The zero-order chi connectivity index (χ0) is 16.2. The molecule has 0 amide bonds. The van der Waals surface area contributed by atoms with Crippen LogP contribution < -0.4 is 4.74 Å². The number of aromatic nitrogens is 1. The van der Waals surface area contributed by atoms with E-state index in [0.717, 1.165) is 10.6 Å². The van der Waals surface area contributed by atoms with Gasteiger partial charge in [-0.1, -0.05) is 41.9 Å². The Kier molecular flexibility index (Phi) is 4.55. The molecule has 0 saturated heterocycles. The van der Waals surface area contributed by atoms with Crippen molar-refractivity contribution in [3.05, 3.63) is 74.7 Å². The van der Waals surface area contributed by atoms with Crippen molar-refractivity contribution in [2.24, 2.45) is 0 Å². The summed E-state index contributed by atoms with van der Waals surface area (Å²) in [6.07, 6.45) is 0. The molecule has 23 heavy (non-hydrogen) atoms. The number of ether oxygens (including phenoxy) is 1. The van der Waals surface area contributed by atoms with Crippen LogP contribution in [-0.2, 0) is 6.61 Å². The highest BCUT2D eigenvalue weighted by molar-refractivity contribution is 7.13. The normalized spacial score (nSPS) is 10.5. The fourth-order valence-electron chi connectivity index (χ4n) is 2.01. The average molecular weight is 347 g/mol. The predicted molar refractivity (Wildman–Crippen MR) is 90.0 cm³/mol. The summed E-state index contributed by atoms with van der Waals surface area (Å²) in [5.74, 6) is 0.227. The van der Waals surface area contributed by atoms with Gasteiger partial charge in [0, 0.05) is 17.0 Å². The largest absolute Gasteiger partial charge is 0.480 e. The minimum absolute atomic E-state index is 0.0611. The van der Waals surface area contributed by atoms with Gasteiger partial charge in [0.15, 0.2) is 5.75 Å². The predicted octanol–water partition coefficient (Wildman–Crippen LogP) is 4.95. The van der Waals surface area contributed by atoms with Gasteiger partial charge in [0.2, 0.25) is 0 Å². The Hall–Kier alpha value is -2.44. The molecule has 116 valence electrons. The summed E-state index contributed by atoms with van der Waals surface area (Å²) in [6.45, 7) is 0.159. The second-order valence-electron chi connectivity index (χ2n) is 4.64. The lowest BCUT2D eigenvalue weighted by Gasteiger charge is -2.04. The maximum absolute atomic E-state index is 11.0. The fourth-order valence-corrected chi connectivity index (χ4v) is 3.14. The number of hydrogen-bond acceptors (Lipinski definition) is 5. The summed E-state index contributed by atoms with van der Waals surface area (Å²) in [7, 11) is 0. The molecule has 1 heterocycles. The first kappa shape index (κ1) is 15.5. The molecule has 2 aromatic carbocycles. The van der Waals surface area contributed by atoms with E-state index < -0.39 is 4.92 Å². The number of hydrogen-bond donors (Lipinski definition) is 0. The molecule has 0 fully saturated rings. The van der Waals surface area contributed by atoms with Gasteiger partial charge >= 0.3 is 5.69 Å². The van der Waals surface area contributed by atoms with E-state index in [1.807, 2.05) is 29.6 Å². The minimum atomic E-state index is -0.467. The summed E-state index contributed by atoms with van der Waals surface area (Å²) in [4.78, 5) is 15.0. The third kappa shape index (κ3) is 3.49. The second-order valence-corrected chi connectivity index (χ2v) is 5.90. The van der Waals surface area contributed by atoms with Crippen LogP contribution in [0.3, 0.4) is 0 Å². The molecule has 0 N–H and O–H groups in total. The Morgan fingerprint density at radius 1 is 1.17 bits per heavy atom. The van der Waals surface area contributed by atoms with Crippen LogP contribution in [0.5, 0.6) is 5.75 Å². The van der Waals surface area contributed by atoms with Crippen molar-refractivity contribution < 1.29 is 9.66 Å². The molecule has 0 radical (unpaired) electrons. The van der Waals surface area contributed by atoms with Crippen molar-refractivity contribution in [2.75, 3.05) is 0 Å². The van der Waals surface area contributed by atoms with Gasteiger partial charge in [-0.25, -0.2) is 4.98 Å². The topological polar surface area (TPSA) is 65.3 Å². The van der Waals surface area contributed by atoms with Crippen LogP contribution in [0.15, 0.2) is 53.9 Å². The molecule has 7 heteroatoms. The quantitative estimate of drug-likeness (QED) is 0.484. The Morgan fingerprint density at radius 3 is 2.70 bits per heavy atom. The van der Waals surface area contributed by atoms with Crippen LogP contribution in [0.1, 0.15) is 5.69 Å². The van der Waals surface area contributed by atoms with Crippen molar-refractivity contribution in [2.45, 2.75) is 6.61 Å². The van der Waals surface area contributed by atoms with Crippen LogP contribution in [0.2, 0.25) is 5.02 Å². The zero-order valence-corrected chi connectivity index (χ0v) is 13.4. The van der Waals surface area contributed by atoms with E-state index in [0.29, 0.717) is 10.7 Å². The molecule has 3 rings (SSSR count). The molecule has 0 aliphatic carbocycles. The molecule has 3 aromatic rings. The lowest BCUT2D eigenvalue weighted by atomic mass is 10.2. The molecule has 0 atom stereocenters. The number of halogens is 1. The van der Waals surface area contributed by atoms with Gasteiger partial charge in [0.25, 0.3) is 0 Å². The van der Waals surface area contributed by atoms with E-state index in [1.165, 1.54) is 17.4 Å². The van der Waals surface area contributed by atoms with E-state index >= 15 is 0 Å². The maximum atomic E-state index is 11.0. The second kappa shape index (κ2) is 6.76. The van der Waals surface area contributed by atoms with E-state index in [1.54, 1.807) is 18.2 Å². The minimum Gasteiger partial charge on any atom is -0.480 e. The van der Waals surface area contributed by atoms with Crippen molar-refractivity contribution in [1.29, 1.82) is 0 Å². The molecule has 0 saturated carbocycles. The monoisotopic (exact) mass is 346 g/mol. The van der Waals surface area contributed by atoms with Gasteiger partial charge in [-0.3, -0.25) is 10.1 Å². The number of benzene rings is 2. The van der Waals surface area contributed by atoms with Gasteiger partial charge < -0.3 is 4.74 Å². The highest BCUT2D eigenvalue weighted by atomic mass is 35.5. The lowest BCUT2D eigenvalue weighted by Crippen LogP contribution is -1.99. The molecule has 0 aliphatic rings. The van der Waals surface area contributed by atoms with Gasteiger partial charge in [0.1, 0.15) is 11.6 Å². The van der Waals surface area contributed by atoms with E-state index in [4.69, 9.17) is 16.3 Å². The molecule has 5 nitrogen and oxygen atoms in total. The Labute approximate surface area is 141 Å². The first-order chi connectivity index (χ1) is 11.1. The van der Waals surface area contributed by atoms with Crippen LogP contribution >= 0.6 is 22.9 Å². The molecule has 0 bridgehead atoms. The number of nitro groups is 1. The highest BCUT2D eigenvalue weighted by Gasteiger charge is 2.14. The summed E-state index contributed by atoms with van der Waals surface area (Å²) in [6, 6.07) is 13.7. The Bertz CT molecular complexity index is 851. The van der Waals surface area contributed by atoms with Crippen LogP contribution in [0.4, 0.5) is 5.69 Å². The molecular formula is C16H11ClN2O3S. The fraction of sp³-hybridized carbons (Fsp3) is 0.0625. The molecule has 1 aromatic heterocycles. The number of thiazole rings is 1. The number of para-hydroxylation sites is 2. The smallest absolute Gasteiger partial charge is 0.310 e. The number of rotatable bonds is 5. The van der Waals surface area contributed by atoms with Crippen molar-refractivity contribution >= 4 is 28.6 Å². The summed E-state index contributed by atoms with van der Waals surface area (Å²) in [5.41, 5.74) is 1.49. The van der Waals surface area contributed by atoms with E-state index in [2.05, 4.69) is 4.98 Å². The number of nitrogens with zero attached hydrogens (tertiary/aromatic N) is 2. The van der Waals surface area contributed by atoms with E-state index in [-0.39, 0.29) is 18.0 Å². The summed E-state index contributed by atoms with van der Waals surface area (Å²) in [5, 5.41) is 14.2. The van der Waals surface area contributed by atoms with Crippen molar-refractivity contribution in [3.63, 3.8) is 0 Å². The molecule has 0 spiro atoms. The zero-order valence-electron chi connectivity index (χ0n) is 11.8.